The van der Waals surface area contributed by atoms with Crippen molar-refractivity contribution in [2.75, 3.05) is 17.2 Å². The molecule has 0 spiro atoms. The van der Waals surface area contributed by atoms with Crippen molar-refractivity contribution in [3.8, 4) is 0 Å². The summed E-state index contributed by atoms with van der Waals surface area (Å²) in [5.41, 5.74) is 3.82. The molecule has 160 valence electrons. The smallest absolute Gasteiger partial charge is 0.341 e. The molecule has 7 heteroatoms. The lowest BCUT2D eigenvalue weighted by molar-refractivity contribution is 0.0527. The lowest BCUT2D eigenvalue weighted by Crippen LogP contribution is -2.15. The van der Waals surface area contributed by atoms with Crippen LogP contribution in [0.15, 0.2) is 48.5 Å². The van der Waals surface area contributed by atoms with Crippen LogP contribution in [0.2, 0.25) is 0 Å². The van der Waals surface area contributed by atoms with Gasteiger partial charge in [-0.15, -0.1) is 11.3 Å². The SMILES string of the molecule is CCOC(=O)c1c(NC(=O)c2ccc(C)cc2)sc(C(=O)Nc2cccc(C)c2)c1C. The number of benzene rings is 2. The predicted octanol–water partition coefficient (Wildman–Crippen LogP) is 5.35. The zero-order chi connectivity index (χ0) is 22.5. The Labute approximate surface area is 185 Å². The van der Waals surface area contributed by atoms with Crippen LogP contribution in [-0.4, -0.2) is 24.4 Å². The molecule has 3 aromatic rings. The average Bonchev–Trinajstić information content (AvgIpc) is 3.04. The highest BCUT2D eigenvalue weighted by Gasteiger charge is 2.27. The summed E-state index contributed by atoms with van der Waals surface area (Å²) in [6.07, 6.45) is 0. The Morgan fingerprint density at radius 1 is 0.903 bits per heavy atom. The monoisotopic (exact) mass is 436 g/mol. The standard InChI is InChI=1S/C24H24N2O4S/c1-5-30-24(29)19-16(4)20(22(28)25-18-8-6-7-15(3)13-18)31-23(19)26-21(27)17-11-9-14(2)10-12-17/h6-13H,5H2,1-4H3,(H,25,28)(H,26,27). The molecular weight excluding hydrogens is 412 g/mol. The normalized spacial score (nSPS) is 10.5. The first kappa shape index (κ1) is 22.2. The lowest BCUT2D eigenvalue weighted by Gasteiger charge is -2.07. The van der Waals surface area contributed by atoms with Gasteiger partial charge in [-0.25, -0.2) is 4.79 Å². The van der Waals surface area contributed by atoms with Crippen LogP contribution in [0, 0.1) is 20.8 Å². The molecule has 0 atom stereocenters. The van der Waals surface area contributed by atoms with Gasteiger partial charge >= 0.3 is 5.97 Å². The zero-order valence-corrected chi connectivity index (χ0v) is 18.7. The van der Waals surface area contributed by atoms with E-state index in [1.54, 1.807) is 32.0 Å². The van der Waals surface area contributed by atoms with Gasteiger partial charge in [-0.05, 0) is 63.1 Å². The van der Waals surface area contributed by atoms with E-state index in [0.717, 1.165) is 22.5 Å². The molecule has 0 aliphatic rings. The third-order valence-corrected chi connectivity index (χ3v) is 5.86. The molecule has 0 unspecified atom stereocenters. The Hall–Kier alpha value is -3.45. The van der Waals surface area contributed by atoms with Crippen molar-refractivity contribution in [2.45, 2.75) is 27.7 Å². The van der Waals surface area contributed by atoms with Crippen LogP contribution < -0.4 is 10.6 Å². The maximum absolute atomic E-state index is 12.9. The molecule has 2 aromatic carbocycles. The summed E-state index contributed by atoms with van der Waals surface area (Å²) in [5, 5.41) is 5.91. The highest BCUT2D eigenvalue weighted by Crippen LogP contribution is 2.34. The summed E-state index contributed by atoms with van der Waals surface area (Å²) in [6, 6.07) is 14.5. The Morgan fingerprint density at radius 2 is 1.61 bits per heavy atom. The molecule has 3 rings (SSSR count). The minimum Gasteiger partial charge on any atom is -0.462 e. The summed E-state index contributed by atoms with van der Waals surface area (Å²) in [4.78, 5) is 38.6. The first-order valence-electron chi connectivity index (χ1n) is 9.86. The van der Waals surface area contributed by atoms with Gasteiger partial charge in [0, 0.05) is 11.3 Å². The number of carbonyl (C=O) groups is 3. The number of hydrogen-bond donors (Lipinski definition) is 2. The van der Waals surface area contributed by atoms with Crippen LogP contribution in [0.3, 0.4) is 0 Å². The maximum Gasteiger partial charge on any atom is 0.341 e. The van der Waals surface area contributed by atoms with Crippen LogP contribution in [0.5, 0.6) is 0 Å². The average molecular weight is 437 g/mol. The fourth-order valence-electron chi connectivity index (χ4n) is 3.06. The van der Waals surface area contributed by atoms with Gasteiger partial charge in [-0.1, -0.05) is 29.8 Å². The second-order valence-electron chi connectivity index (χ2n) is 7.12. The molecule has 0 aliphatic carbocycles. The van der Waals surface area contributed by atoms with E-state index < -0.39 is 5.97 Å². The topological polar surface area (TPSA) is 84.5 Å². The van der Waals surface area contributed by atoms with Crippen molar-refractivity contribution in [2.24, 2.45) is 0 Å². The van der Waals surface area contributed by atoms with E-state index >= 15 is 0 Å². The summed E-state index contributed by atoms with van der Waals surface area (Å²) < 4.78 is 5.16. The first-order chi connectivity index (χ1) is 14.8. The molecule has 1 aromatic heterocycles. The molecule has 1 heterocycles. The molecule has 2 amide bonds. The number of thiophene rings is 1. The Kier molecular flexibility index (Phi) is 6.87. The van der Waals surface area contributed by atoms with Crippen LogP contribution in [0.4, 0.5) is 10.7 Å². The van der Waals surface area contributed by atoms with Crippen molar-refractivity contribution in [3.63, 3.8) is 0 Å². The number of nitrogens with one attached hydrogen (secondary N) is 2. The van der Waals surface area contributed by atoms with Gasteiger partial charge in [-0.3, -0.25) is 9.59 Å². The molecule has 0 saturated carbocycles. The summed E-state index contributed by atoms with van der Waals surface area (Å²) in [5.74, 6) is -1.29. The first-order valence-corrected chi connectivity index (χ1v) is 10.7. The third-order valence-electron chi connectivity index (χ3n) is 4.65. The molecule has 0 fully saturated rings. The highest BCUT2D eigenvalue weighted by molar-refractivity contribution is 7.19. The minimum absolute atomic E-state index is 0.185. The van der Waals surface area contributed by atoms with E-state index in [9.17, 15) is 14.4 Å². The number of aryl methyl sites for hydroxylation is 2. The van der Waals surface area contributed by atoms with E-state index in [2.05, 4.69) is 10.6 Å². The molecular formula is C24H24N2O4S. The van der Waals surface area contributed by atoms with E-state index in [1.165, 1.54) is 0 Å². The molecule has 2 N–H and O–H groups in total. The summed E-state index contributed by atoms with van der Waals surface area (Å²) in [7, 11) is 0. The van der Waals surface area contributed by atoms with E-state index in [-0.39, 0.29) is 29.0 Å². The fraction of sp³-hybridized carbons (Fsp3) is 0.208. The zero-order valence-electron chi connectivity index (χ0n) is 17.9. The van der Waals surface area contributed by atoms with Gasteiger partial charge in [-0.2, -0.15) is 0 Å². The number of anilines is 2. The van der Waals surface area contributed by atoms with Crippen LogP contribution >= 0.6 is 11.3 Å². The Bertz CT molecular complexity index is 1130. The van der Waals surface area contributed by atoms with Gasteiger partial charge < -0.3 is 15.4 Å². The second-order valence-corrected chi connectivity index (χ2v) is 8.15. The third kappa shape index (κ3) is 5.19. The number of amides is 2. The summed E-state index contributed by atoms with van der Waals surface area (Å²) in [6.45, 7) is 7.43. The van der Waals surface area contributed by atoms with Gasteiger partial charge in [0.15, 0.2) is 0 Å². The van der Waals surface area contributed by atoms with Gasteiger partial charge in [0.25, 0.3) is 11.8 Å². The van der Waals surface area contributed by atoms with E-state index in [0.29, 0.717) is 21.7 Å². The van der Waals surface area contributed by atoms with Gasteiger partial charge in [0.05, 0.1) is 17.0 Å². The predicted molar refractivity (Wildman–Crippen MR) is 123 cm³/mol. The molecule has 31 heavy (non-hydrogen) atoms. The number of carbonyl (C=O) groups excluding carboxylic acids is 3. The lowest BCUT2D eigenvalue weighted by atomic mass is 10.1. The van der Waals surface area contributed by atoms with Crippen molar-refractivity contribution in [1.82, 2.24) is 0 Å². The number of esters is 1. The quantitative estimate of drug-likeness (QED) is 0.510. The molecule has 0 radical (unpaired) electrons. The molecule has 0 bridgehead atoms. The van der Waals surface area contributed by atoms with Gasteiger partial charge in [0.1, 0.15) is 5.00 Å². The largest absolute Gasteiger partial charge is 0.462 e. The highest BCUT2D eigenvalue weighted by atomic mass is 32.1. The summed E-state index contributed by atoms with van der Waals surface area (Å²) >= 11 is 1.05. The minimum atomic E-state index is -0.579. The van der Waals surface area contributed by atoms with E-state index in [4.69, 9.17) is 4.74 Å². The van der Waals surface area contributed by atoms with Crippen LogP contribution in [0.1, 0.15) is 54.0 Å². The van der Waals surface area contributed by atoms with Crippen molar-refractivity contribution >= 4 is 39.8 Å². The van der Waals surface area contributed by atoms with Crippen molar-refractivity contribution in [1.29, 1.82) is 0 Å². The molecule has 0 aliphatic heterocycles. The van der Waals surface area contributed by atoms with Crippen molar-refractivity contribution in [3.05, 3.63) is 81.2 Å². The van der Waals surface area contributed by atoms with Gasteiger partial charge in [0.2, 0.25) is 0 Å². The Morgan fingerprint density at radius 3 is 2.26 bits per heavy atom. The number of hydrogen-bond acceptors (Lipinski definition) is 5. The Balaban J connectivity index is 1.94. The second kappa shape index (κ2) is 9.57. The number of rotatable bonds is 6. The maximum atomic E-state index is 12.9. The fourth-order valence-corrected chi connectivity index (χ4v) is 4.14. The van der Waals surface area contributed by atoms with Crippen LogP contribution in [-0.2, 0) is 4.74 Å². The molecule has 6 nitrogen and oxygen atoms in total. The molecule has 0 saturated heterocycles. The van der Waals surface area contributed by atoms with Crippen LogP contribution in [0.25, 0.3) is 0 Å². The van der Waals surface area contributed by atoms with E-state index in [1.807, 2.05) is 44.2 Å². The number of ether oxygens (including phenoxy) is 1. The van der Waals surface area contributed by atoms with Crippen molar-refractivity contribution < 1.29 is 19.1 Å².